The maximum Gasteiger partial charge on any atom is 0.243 e. The van der Waals surface area contributed by atoms with Crippen LogP contribution >= 0.6 is 0 Å². The molecule has 1 aromatic rings. The molecule has 2 saturated carbocycles. The van der Waals surface area contributed by atoms with Crippen molar-refractivity contribution in [3.63, 3.8) is 0 Å². The Hall–Kier alpha value is -4.53. The van der Waals surface area contributed by atoms with Crippen molar-refractivity contribution in [1.29, 1.82) is 0 Å². The van der Waals surface area contributed by atoms with Crippen LogP contribution in [0.1, 0.15) is 77.2 Å². The topological polar surface area (TPSA) is 227 Å². The van der Waals surface area contributed by atoms with E-state index in [1.807, 2.05) is 6.07 Å². The molecular formula is C36H55N7O8. The summed E-state index contributed by atoms with van der Waals surface area (Å²) in [6.07, 6.45) is 5.61. The first-order valence-electron chi connectivity index (χ1n) is 18.0. The normalized spacial score (nSPS) is 21.3. The quantitative estimate of drug-likeness (QED) is 0.0646. The molecule has 0 aliphatic heterocycles. The van der Waals surface area contributed by atoms with Gasteiger partial charge in [-0.15, -0.1) is 0 Å². The molecule has 0 radical (unpaired) electrons. The molecule has 0 aromatic heterocycles. The van der Waals surface area contributed by atoms with E-state index in [4.69, 9.17) is 10.5 Å². The maximum atomic E-state index is 13.0. The van der Waals surface area contributed by atoms with Gasteiger partial charge in [0.2, 0.25) is 41.4 Å². The van der Waals surface area contributed by atoms with Crippen LogP contribution in [0.4, 0.5) is 0 Å². The van der Waals surface area contributed by atoms with Crippen LogP contribution < -0.4 is 37.6 Å². The first-order valence-corrected chi connectivity index (χ1v) is 18.0. The van der Waals surface area contributed by atoms with Gasteiger partial charge < -0.3 is 42.4 Å². The molecule has 2 aliphatic rings. The SMILES string of the molecule is CC1C(C)C1CC(=O)NCCCCCC(=O)NCC(=O)NCC(=O)N[C@@H](Cc1ccccc1)C(=O)NCC(=O)NCO[C@H]1CC[C@@H](C(N)=O)CC1. The highest BCUT2D eigenvalue weighted by Gasteiger charge is 2.43. The standard InChI is InChI=1S/C36H55N7O8/c1-23-24(2)28(23)18-31(45)38-16-8-4-7-11-30(44)39-19-32(46)40-21-34(48)43-29(17-25-9-5-3-6-10-25)36(50)41-20-33(47)42-22-51-27-14-12-26(13-15-27)35(37)49/h3,5-6,9-10,23-24,26-29H,4,7-8,11-22H2,1-2H3,(H2,37,49)(H,38,45)(H,39,44)(H,40,46)(H,41,50)(H,42,47)(H,43,48)/t23?,24?,26-,27+,28?,29-/m0/s1. The van der Waals surface area contributed by atoms with E-state index < -0.39 is 36.2 Å². The van der Waals surface area contributed by atoms with E-state index in [9.17, 15) is 33.6 Å². The lowest BCUT2D eigenvalue weighted by Crippen LogP contribution is -2.52. The molecule has 15 nitrogen and oxygen atoms in total. The molecule has 0 bridgehead atoms. The number of amides is 7. The minimum Gasteiger partial charge on any atom is -0.369 e. The smallest absolute Gasteiger partial charge is 0.243 e. The van der Waals surface area contributed by atoms with Crippen molar-refractivity contribution in [3.05, 3.63) is 35.9 Å². The summed E-state index contributed by atoms with van der Waals surface area (Å²) in [5.74, 6) is -1.23. The zero-order valence-corrected chi connectivity index (χ0v) is 29.8. The Kier molecular flexibility index (Phi) is 17.3. The van der Waals surface area contributed by atoms with Crippen LogP contribution in [0.5, 0.6) is 0 Å². The Morgan fingerprint density at radius 1 is 0.725 bits per heavy atom. The van der Waals surface area contributed by atoms with E-state index in [1.165, 1.54) is 0 Å². The third-order valence-electron chi connectivity index (χ3n) is 9.78. The molecule has 0 heterocycles. The molecule has 2 fully saturated rings. The van der Waals surface area contributed by atoms with Crippen LogP contribution in [-0.2, 0) is 44.7 Å². The van der Waals surface area contributed by atoms with Gasteiger partial charge in [0.25, 0.3) is 0 Å². The summed E-state index contributed by atoms with van der Waals surface area (Å²) in [6, 6.07) is 7.98. The van der Waals surface area contributed by atoms with Gasteiger partial charge in [-0.05, 0) is 61.8 Å². The third kappa shape index (κ3) is 15.9. The number of nitrogens with one attached hydrogen (secondary N) is 6. The lowest BCUT2D eigenvalue weighted by atomic mass is 9.87. The predicted octanol–water partition coefficient (Wildman–Crippen LogP) is 0.166. The van der Waals surface area contributed by atoms with Gasteiger partial charge >= 0.3 is 0 Å². The molecule has 2 unspecified atom stereocenters. The fraction of sp³-hybridized carbons (Fsp3) is 0.639. The second-order valence-corrected chi connectivity index (χ2v) is 13.6. The van der Waals surface area contributed by atoms with E-state index in [1.54, 1.807) is 24.3 Å². The van der Waals surface area contributed by atoms with Crippen LogP contribution in [-0.4, -0.2) is 86.4 Å². The number of carbonyl (C=O) groups excluding carboxylic acids is 7. The van der Waals surface area contributed by atoms with E-state index in [-0.39, 0.29) is 62.4 Å². The van der Waals surface area contributed by atoms with Crippen LogP contribution in [0.2, 0.25) is 0 Å². The number of hydrogen-bond acceptors (Lipinski definition) is 8. The first kappa shape index (κ1) is 40.9. The average molecular weight is 714 g/mol. The molecule has 2 aliphatic carbocycles. The van der Waals surface area contributed by atoms with E-state index in [2.05, 4.69) is 45.7 Å². The summed E-state index contributed by atoms with van der Waals surface area (Å²) < 4.78 is 5.67. The Labute approximate surface area is 299 Å². The Balaban J connectivity index is 1.29. The van der Waals surface area contributed by atoms with Crippen LogP contribution in [0.15, 0.2) is 30.3 Å². The molecule has 8 N–H and O–H groups in total. The number of nitrogens with two attached hydrogens (primary N) is 1. The van der Waals surface area contributed by atoms with E-state index in [0.29, 0.717) is 62.8 Å². The highest BCUT2D eigenvalue weighted by Crippen LogP contribution is 2.47. The monoisotopic (exact) mass is 713 g/mol. The zero-order chi connectivity index (χ0) is 37.2. The van der Waals surface area contributed by atoms with Gasteiger partial charge in [0.1, 0.15) is 12.8 Å². The molecule has 15 heteroatoms. The van der Waals surface area contributed by atoms with Gasteiger partial charge in [-0.25, -0.2) is 0 Å². The molecule has 282 valence electrons. The number of unbranched alkanes of at least 4 members (excludes halogenated alkanes) is 2. The first-order chi connectivity index (χ1) is 24.4. The van der Waals surface area contributed by atoms with Crippen LogP contribution in [0.3, 0.4) is 0 Å². The number of hydrogen-bond donors (Lipinski definition) is 7. The largest absolute Gasteiger partial charge is 0.369 e. The van der Waals surface area contributed by atoms with Crippen molar-refractivity contribution >= 4 is 41.4 Å². The van der Waals surface area contributed by atoms with Gasteiger partial charge in [0.05, 0.1) is 25.7 Å². The van der Waals surface area contributed by atoms with Crippen LogP contribution in [0.25, 0.3) is 0 Å². The van der Waals surface area contributed by atoms with Crippen molar-refractivity contribution in [3.8, 4) is 0 Å². The molecule has 51 heavy (non-hydrogen) atoms. The maximum absolute atomic E-state index is 13.0. The summed E-state index contributed by atoms with van der Waals surface area (Å²) in [7, 11) is 0. The fourth-order valence-corrected chi connectivity index (χ4v) is 6.16. The lowest BCUT2D eigenvalue weighted by molar-refractivity contribution is -0.131. The van der Waals surface area contributed by atoms with Gasteiger partial charge in [0.15, 0.2) is 0 Å². The number of rotatable bonds is 22. The highest BCUT2D eigenvalue weighted by molar-refractivity contribution is 5.92. The van der Waals surface area contributed by atoms with Crippen molar-refractivity contribution in [2.24, 2.45) is 29.4 Å². The Bertz CT molecular complexity index is 1330. The molecule has 7 amide bonds. The second-order valence-electron chi connectivity index (χ2n) is 13.6. The minimum absolute atomic E-state index is 0.0504. The zero-order valence-electron chi connectivity index (χ0n) is 29.8. The molecule has 3 rings (SSSR count). The number of primary amides is 1. The second kappa shape index (κ2) is 21.6. The van der Waals surface area contributed by atoms with Crippen molar-refractivity contribution in [2.45, 2.75) is 90.2 Å². The molecule has 0 spiro atoms. The van der Waals surface area contributed by atoms with Gasteiger partial charge in [-0.3, -0.25) is 33.6 Å². The van der Waals surface area contributed by atoms with Crippen molar-refractivity contribution in [1.82, 2.24) is 31.9 Å². The third-order valence-corrected chi connectivity index (χ3v) is 9.78. The molecule has 1 aromatic carbocycles. The minimum atomic E-state index is -1.03. The Morgan fingerprint density at radius 3 is 2.02 bits per heavy atom. The van der Waals surface area contributed by atoms with Crippen molar-refractivity contribution in [2.75, 3.05) is 32.9 Å². The number of ether oxygens (including phenoxy) is 1. The number of benzene rings is 1. The summed E-state index contributed by atoms with van der Waals surface area (Å²) in [4.78, 5) is 85.8. The van der Waals surface area contributed by atoms with E-state index in [0.717, 1.165) is 18.4 Å². The van der Waals surface area contributed by atoms with Gasteiger partial charge in [0, 0.05) is 31.7 Å². The van der Waals surface area contributed by atoms with Gasteiger partial charge in [-0.2, -0.15) is 0 Å². The summed E-state index contributed by atoms with van der Waals surface area (Å²) in [5, 5.41) is 15.6. The Morgan fingerprint density at radius 2 is 1.35 bits per heavy atom. The van der Waals surface area contributed by atoms with Gasteiger partial charge in [-0.1, -0.05) is 50.6 Å². The van der Waals surface area contributed by atoms with Crippen LogP contribution in [0, 0.1) is 23.7 Å². The molecule has 3 atom stereocenters. The summed E-state index contributed by atoms with van der Waals surface area (Å²) in [6.45, 7) is 3.78. The average Bonchev–Trinajstić information content (AvgIpc) is 3.68. The molecule has 0 saturated heterocycles. The van der Waals surface area contributed by atoms with Crippen molar-refractivity contribution < 1.29 is 38.3 Å². The molecular weight excluding hydrogens is 658 g/mol. The summed E-state index contributed by atoms with van der Waals surface area (Å²) >= 11 is 0. The van der Waals surface area contributed by atoms with E-state index >= 15 is 0 Å². The highest BCUT2D eigenvalue weighted by atomic mass is 16.5. The predicted molar refractivity (Wildman–Crippen MR) is 188 cm³/mol. The fourth-order valence-electron chi connectivity index (χ4n) is 6.16. The number of carbonyl (C=O) groups is 7. The summed E-state index contributed by atoms with van der Waals surface area (Å²) in [5.41, 5.74) is 6.13. The lowest BCUT2D eigenvalue weighted by Gasteiger charge is -2.26.